The van der Waals surface area contributed by atoms with Gasteiger partial charge >= 0.3 is 5.97 Å². The van der Waals surface area contributed by atoms with Gasteiger partial charge in [0.15, 0.2) is 5.78 Å². The molecular formula is C14H19NO4. The molecule has 1 aliphatic carbocycles. The van der Waals surface area contributed by atoms with Gasteiger partial charge in [0.1, 0.15) is 5.92 Å². The Labute approximate surface area is 112 Å². The zero-order chi connectivity index (χ0) is 14.2. The van der Waals surface area contributed by atoms with Crippen molar-refractivity contribution in [1.82, 2.24) is 5.32 Å². The number of esters is 1. The number of rotatable bonds is 2. The maximum atomic E-state index is 12.1. The number of ether oxygens (including phenoxy) is 1. The van der Waals surface area contributed by atoms with Gasteiger partial charge in [0, 0.05) is 17.7 Å². The van der Waals surface area contributed by atoms with Crippen LogP contribution in [-0.4, -0.2) is 24.3 Å². The van der Waals surface area contributed by atoms with Crippen LogP contribution in [0.5, 0.6) is 0 Å². The Hall–Kier alpha value is -1.65. The fourth-order valence-electron chi connectivity index (χ4n) is 2.68. The second kappa shape index (κ2) is 4.79. The van der Waals surface area contributed by atoms with E-state index in [9.17, 15) is 14.4 Å². The molecule has 1 amide bonds. The van der Waals surface area contributed by atoms with Gasteiger partial charge in [0.05, 0.1) is 6.61 Å². The van der Waals surface area contributed by atoms with E-state index in [-0.39, 0.29) is 30.1 Å². The second-order valence-electron chi connectivity index (χ2n) is 5.90. The molecule has 0 saturated carbocycles. The maximum absolute atomic E-state index is 12.1. The van der Waals surface area contributed by atoms with Crippen LogP contribution in [0.25, 0.3) is 0 Å². The smallest absolute Gasteiger partial charge is 0.318 e. The van der Waals surface area contributed by atoms with Crippen LogP contribution >= 0.6 is 0 Å². The molecule has 0 aromatic heterocycles. The number of Topliss-reactive ketones (excluding diaryl/α,β-unsaturated/α-hetero) is 1. The van der Waals surface area contributed by atoms with E-state index in [1.165, 1.54) is 0 Å². The summed E-state index contributed by atoms with van der Waals surface area (Å²) in [5.74, 6) is -1.77. The third-order valence-corrected chi connectivity index (χ3v) is 3.57. The Bertz CT molecular complexity index is 476. The molecule has 0 saturated heterocycles. The van der Waals surface area contributed by atoms with Gasteiger partial charge in [0.2, 0.25) is 5.91 Å². The predicted octanol–water partition coefficient (Wildman–Crippen LogP) is 1.33. The highest BCUT2D eigenvalue weighted by atomic mass is 16.5. The Morgan fingerprint density at radius 2 is 2.05 bits per heavy atom. The minimum atomic E-state index is -0.885. The van der Waals surface area contributed by atoms with Gasteiger partial charge in [-0.1, -0.05) is 13.8 Å². The molecule has 1 aliphatic heterocycles. The van der Waals surface area contributed by atoms with Gasteiger partial charge in [-0.15, -0.1) is 0 Å². The number of carbonyl (C=O) groups excluding carboxylic acids is 3. The lowest BCUT2D eigenvalue weighted by Gasteiger charge is -2.36. The number of allylic oxidation sites excluding steroid dienone is 2. The molecule has 0 aromatic carbocycles. The highest BCUT2D eigenvalue weighted by Gasteiger charge is 2.41. The lowest BCUT2D eigenvalue weighted by Crippen LogP contribution is -2.45. The Balaban J connectivity index is 2.24. The zero-order valence-electron chi connectivity index (χ0n) is 11.5. The summed E-state index contributed by atoms with van der Waals surface area (Å²) in [7, 11) is 0. The van der Waals surface area contributed by atoms with Crippen molar-refractivity contribution >= 4 is 17.7 Å². The number of hydrogen-bond acceptors (Lipinski definition) is 4. The average molecular weight is 265 g/mol. The molecule has 1 unspecified atom stereocenters. The molecule has 2 aliphatic rings. The fourth-order valence-corrected chi connectivity index (χ4v) is 2.68. The van der Waals surface area contributed by atoms with E-state index >= 15 is 0 Å². The van der Waals surface area contributed by atoms with E-state index in [1.807, 2.05) is 13.8 Å². The summed E-state index contributed by atoms with van der Waals surface area (Å²) in [6.07, 6.45) is 1.29. The largest absolute Gasteiger partial charge is 0.465 e. The maximum Gasteiger partial charge on any atom is 0.318 e. The number of amides is 1. The Kier molecular flexibility index (Phi) is 3.47. The molecule has 5 heteroatoms. The number of hydrogen-bond donors (Lipinski definition) is 1. The molecule has 0 radical (unpaired) electrons. The van der Waals surface area contributed by atoms with Crippen molar-refractivity contribution in [2.45, 2.75) is 40.0 Å². The van der Waals surface area contributed by atoms with Gasteiger partial charge in [0.25, 0.3) is 0 Å². The molecule has 19 heavy (non-hydrogen) atoms. The lowest BCUT2D eigenvalue weighted by molar-refractivity contribution is -0.152. The van der Waals surface area contributed by atoms with Crippen LogP contribution in [-0.2, 0) is 19.1 Å². The molecular weight excluding hydrogens is 246 g/mol. The Morgan fingerprint density at radius 3 is 2.68 bits per heavy atom. The van der Waals surface area contributed by atoms with Crippen LogP contribution in [0, 0.1) is 11.3 Å². The van der Waals surface area contributed by atoms with E-state index in [1.54, 1.807) is 6.92 Å². The zero-order valence-corrected chi connectivity index (χ0v) is 11.5. The second-order valence-corrected chi connectivity index (χ2v) is 5.90. The number of carbonyl (C=O) groups is 3. The summed E-state index contributed by atoms with van der Waals surface area (Å²) < 4.78 is 4.87. The summed E-state index contributed by atoms with van der Waals surface area (Å²) in [5.41, 5.74) is 1.14. The lowest BCUT2D eigenvalue weighted by atomic mass is 9.73. The monoisotopic (exact) mass is 265 g/mol. The summed E-state index contributed by atoms with van der Waals surface area (Å²) in [4.78, 5) is 35.7. The SMILES string of the molecule is CCOC(=O)C1CC2=C(CC(C)(C)CC2=O)NC1=O. The molecule has 2 rings (SSSR count). The van der Waals surface area contributed by atoms with Crippen LogP contribution in [0.2, 0.25) is 0 Å². The van der Waals surface area contributed by atoms with E-state index < -0.39 is 11.9 Å². The van der Waals surface area contributed by atoms with Crippen molar-refractivity contribution in [2.24, 2.45) is 11.3 Å². The van der Waals surface area contributed by atoms with Crippen molar-refractivity contribution in [3.63, 3.8) is 0 Å². The van der Waals surface area contributed by atoms with Crippen molar-refractivity contribution in [3.05, 3.63) is 11.3 Å². The minimum Gasteiger partial charge on any atom is -0.465 e. The van der Waals surface area contributed by atoms with Crippen LogP contribution in [0.15, 0.2) is 11.3 Å². The van der Waals surface area contributed by atoms with Gasteiger partial charge in [-0.3, -0.25) is 14.4 Å². The predicted molar refractivity (Wildman–Crippen MR) is 67.9 cm³/mol. The summed E-state index contributed by atoms with van der Waals surface area (Å²) in [6, 6.07) is 0. The first-order valence-corrected chi connectivity index (χ1v) is 6.57. The van der Waals surface area contributed by atoms with Crippen LogP contribution in [0.4, 0.5) is 0 Å². The molecule has 0 fully saturated rings. The molecule has 0 bridgehead atoms. The van der Waals surface area contributed by atoms with Crippen molar-refractivity contribution < 1.29 is 19.1 Å². The third-order valence-electron chi connectivity index (χ3n) is 3.57. The highest BCUT2D eigenvalue weighted by Crippen LogP contribution is 2.39. The fraction of sp³-hybridized carbons (Fsp3) is 0.643. The normalized spacial score (nSPS) is 25.7. The molecule has 1 atom stereocenters. The number of ketones is 1. The van der Waals surface area contributed by atoms with E-state index in [2.05, 4.69) is 5.32 Å². The molecule has 0 aromatic rings. The summed E-state index contributed by atoms with van der Waals surface area (Å²) in [5, 5.41) is 2.71. The van der Waals surface area contributed by atoms with E-state index in [4.69, 9.17) is 4.74 Å². The van der Waals surface area contributed by atoms with Gasteiger partial charge in [-0.05, 0) is 25.2 Å². The van der Waals surface area contributed by atoms with E-state index in [0.717, 1.165) is 0 Å². The van der Waals surface area contributed by atoms with Crippen LogP contribution in [0.3, 0.4) is 0 Å². The van der Waals surface area contributed by atoms with Crippen LogP contribution < -0.4 is 5.32 Å². The van der Waals surface area contributed by atoms with E-state index in [0.29, 0.717) is 24.1 Å². The first-order valence-electron chi connectivity index (χ1n) is 6.57. The molecule has 104 valence electrons. The van der Waals surface area contributed by atoms with Gasteiger partial charge in [-0.2, -0.15) is 0 Å². The standard InChI is InChI=1S/C14H19NO4/c1-4-19-13(18)9-5-8-10(15-12(9)17)6-14(2,3)7-11(8)16/h9H,4-7H2,1-3H3,(H,15,17). The molecule has 1 N–H and O–H groups in total. The molecule has 1 heterocycles. The molecule has 5 nitrogen and oxygen atoms in total. The first kappa shape index (κ1) is 13.8. The summed E-state index contributed by atoms with van der Waals surface area (Å²) >= 11 is 0. The number of nitrogens with one attached hydrogen (secondary N) is 1. The van der Waals surface area contributed by atoms with Gasteiger partial charge < -0.3 is 10.1 Å². The Morgan fingerprint density at radius 1 is 1.37 bits per heavy atom. The molecule has 0 spiro atoms. The highest BCUT2D eigenvalue weighted by molar-refractivity contribution is 6.05. The van der Waals surface area contributed by atoms with Crippen molar-refractivity contribution in [2.75, 3.05) is 6.61 Å². The summed E-state index contributed by atoms with van der Waals surface area (Å²) in [6.45, 7) is 5.92. The minimum absolute atomic E-state index is 0.0283. The topological polar surface area (TPSA) is 72.5 Å². The van der Waals surface area contributed by atoms with Crippen molar-refractivity contribution in [3.8, 4) is 0 Å². The average Bonchev–Trinajstić information content (AvgIpc) is 2.26. The third kappa shape index (κ3) is 2.69. The quantitative estimate of drug-likeness (QED) is 0.604. The van der Waals surface area contributed by atoms with Crippen molar-refractivity contribution in [1.29, 1.82) is 0 Å². The van der Waals surface area contributed by atoms with Crippen LogP contribution in [0.1, 0.15) is 40.0 Å². The van der Waals surface area contributed by atoms with Gasteiger partial charge in [-0.25, -0.2) is 0 Å². The first-order chi connectivity index (χ1) is 8.84.